The van der Waals surface area contributed by atoms with E-state index in [4.69, 9.17) is 9.84 Å². The van der Waals surface area contributed by atoms with Gasteiger partial charge in [-0.1, -0.05) is 74.4 Å². The second kappa shape index (κ2) is 12.1. The molecule has 0 aliphatic rings. The predicted octanol–water partition coefficient (Wildman–Crippen LogP) is 4.75. The standard InChI is InChI=1S/C23H36O3/c1-17(12-19(3)14-24)11-18(2)13-20(4)23(25)21(5)15-26-16-22-9-7-6-8-10-22/h6-10,12-13,19-21,23-25H,11,14-16H2,1-5H3/b17-12-,18-13+/t19-,20+,21+,23-/m0/s1. The summed E-state index contributed by atoms with van der Waals surface area (Å²) >= 11 is 0. The Hall–Kier alpha value is -1.42. The molecular formula is C23H36O3. The third kappa shape index (κ3) is 8.79. The second-order valence-electron chi connectivity index (χ2n) is 7.69. The summed E-state index contributed by atoms with van der Waals surface area (Å²) in [5.41, 5.74) is 3.64. The van der Waals surface area contributed by atoms with Crippen molar-refractivity contribution < 1.29 is 14.9 Å². The number of aliphatic hydroxyl groups excluding tert-OH is 2. The first-order valence-corrected chi connectivity index (χ1v) is 9.58. The SMILES string of the molecule is C/C(=C/[C@H](C)CO)C/C(C)=C/[C@@H](C)[C@H](O)[C@H](C)COCc1ccccc1. The van der Waals surface area contributed by atoms with Gasteiger partial charge >= 0.3 is 0 Å². The van der Waals surface area contributed by atoms with Crippen LogP contribution in [0.1, 0.15) is 46.6 Å². The Morgan fingerprint density at radius 3 is 2.27 bits per heavy atom. The lowest BCUT2D eigenvalue weighted by atomic mass is 9.91. The fraction of sp³-hybridized carbons (Fsp3) is 0.565. The van der Waals surface area contributed by atoms with Gasteiger partial charge in [-0.3, -0.25) is 0 Å². The molecule has 0 aliphatic carbocycles. The first-order valence-electron chi connectivity index (χ1n) is 9.58. The largest absolute Gasteiger partial charge is 0.396 e. The number of ether oxygens (including phenoxy) is 1. The number of hydrogen-bond donors (Lipinski definition) is 2. The summed E-state index contributed by atoms with van der Waals surface area (Å²) in [6, 6.07) is 10.1. The summed E-state index contributed by atoms with van der Waals surface area (Å²) in [6.07, 6.45) is 4.71. The Labute approximate surface area is 159 Å². The van der Waals surface area contributed by atoms with Crippen LogP contribution in [0.5, 0.6) is 0 Å². The van der Waals surface area contributed by atoms with Crippen LogP contribution in [0.3, 0.4) is 0 Å². The molecule has 0 fully saturated rings. The number of allylic oxidation sites excluding steroid dienone is 2. The van der Waals surface area contributed by atoms with Gasteiger partial charge < -0.3 is 14.9 Å². The van der Waals surface area contributed by atoms with Crippen LogP contribution in [0.2, 0.25) is 0 Å². The molecule has 146 valence electrons. The molecule has 0 heterocycles. The molecular weight excluding hydrogens is 324 g/mol. The van der Waals surface area contributed by atoms with Crippen molar-refractivity contribution in [3.8, 4) is 0 Å². The average Bonchev–Trinajstić information content (AvgIpc) is 2.61. The summed E-state index contributed by atoms with van der Waals surface area (Å²) in [6.45, 7) is 11.6. The van der Waals surface area contributed by atoms with E-state index in [0.29, 0.717) is 13.2 Å². The van der Waals surface area contributed by atoms with Gasteiger partial charge in [0, 0.05) is 18.4 Å². The van der Waals surface area contributed by atoms with Crippen molar-refractivity contribution >= 4 is 0 Å². The molecule has 0 amide bonds. The zero-order valence-electron chi connectivity index (χ0n) is 17.0. The molecule has 0 saturated carbocycles. The van der Waals surface area contributed by atoms with Crippen LogP contribution in [0.4, 0.5) is 0 Å². The third-order valence-corrected chi connectivity index (χ3v) is 4.58. The summed E-state index contributed by atoms with van der Waals surface area (Å²) in [5, 5.41) is 19.7. The van der Waals surface area contributed by atoms with Gasteiger partial charge in [-0.05, 0) is 31.7 Å². The van der Waals surface area contributed by atoms with Gasteiger partial charge in [0.05, 0.1) is 19.3 Å². The number of rotatable bonds is 11. The summed E-state index contributed by atoms with van der Waals surface area (Å²) in [7, 11) is 0. The van der Waals surface area contributed by atoms with Gasteiger partial charge in [0.25, 0.3) is 0 Å². The van der Waals surface area contributed by atoms with Crippen molar-refractivity contribution in [2.24, 2.45) is 17.8 Å². The zero-order chi connectivity index (χ0) is 19.5. The lowest BCUT2D eigenvalue weighted by molar-refractivity contribution is 0.0132. The van der Waals surface area contributed by atoms with Crippen LogP contribution in [-0.4, -0.2) is 29.5 Å². The van der Waals surface area contributed by atoms with Crippen molar-refractivity contribution in [2.45, 2.75) is 53.8 Å². The highest BCUT2D eigenvalue weighted by molar-refractivity contribution is 5.14. The molecule has 0 saturated heterocycles. The summed E-state index contributed by atoms with van der Waals surface area (Å²) in [5.74, 6) is 0.338. The number of aliphatic hydroxyl groups is 2. The second-order valence-corrected chi connectivity index (χ2v) is 7.69. The molecule has 0 unspecified atom stereocenters. The molecule has 1 aromatic rings. The highest BCUT2D eigenvalue weighted by atomic mass is 16.5. The molecule has 1 aromatic carbocycles. The van der Waals surface area contributed by atoms with Crippen LogP contribution < -0.4 is 0 Å². The molecule has 0 aliphatic heterocycles. The first-order chi connectivity index (χ1) is 12.3. The van der Waals surface area contributed by atoms with Gasteiger partial charge in [0.1, 0.15) is 0 Å². The molecule has 2 N–H and O–H groups in total. The molecule has 26 heavy (non-hydrogen) atoms. The number of hydrogen-bond acceptors (Lipinski definition) is 3. The monoisotopic (exact) mass is 360 g/mol. The minimum Gasteiger partial charge on any atom is -0.396 e. The topological polar surface area (TPSA) is 49.7 Å². The minimum atomic E-state index is -0.429. The molecule has 1 rings (SSSR count). The third-order valence-electron chi connectivity index (χ3n) is 4.58. The van der Waals surface area contributed by atoms with Crippen molar-refractivity contribution in [3.05, 3.63) is 59.2 Å². The Kier molecular flexibility index (Phi) is 10.5. The highest BCUT2D eigenvalue weighted by Gasteiger charge is 2.20. The maximum absolute atomic E-state index is 10.6. The van der Waals surface area contributed by atoms with Crippen molar-refractivity contribution in [3.63, 3.8) is 0 Å². The lowest BCUT2D eigenvalue weighted by Gasteiger charge is -2.23. The van der Waals surface area contributed by atoms with Crippen molar-refractivity contribution in [2.75, 3.05) is 13.2 Å². The molecule has 0 bridgehead atoms. The fourth-order valence-electron chi connectivity index (χ4n) is 3.20. The van der Waals surface area contributed by atoms with Gasteiger partial charge in [-0.2, -0.15) is 0 Å². The van der Waals surface area contributed by atoms with E-state index in [9.17, 15) is 5.11 Å². The van der Waals surface area contributed by atoms with E-state index in [0.717, 1.165) is 12.0 Å². The van der Waals surface area contributed by atoms with Crippen LogP contribution >= 0.6 is 0 Å². The van der Waals surface area contributed by atoms with E-state index >= 15 is 0 Å². The van der Waals surface area contributed by atoms with Crippen molar-refractivity contribution in [1.29, 1.82) is 0 Å². The minimum absolute atomic E-state index is 0.0730. The maximum Gasteiger partial charge on any atom is 0.0717 e. The van der Waals surface area contributed by atoms with Gasteiger partial charge in [0.2, 0.25) is 0 Å². The Morgan fingerprint density at radius 2 is 1.65 bits per heavy atom. The number of benzene rings is 1. The Bertz CT molecular complexity index is 562. The smallest absolute Gasteiger partial charge is 0.0717 e. The Morgan fingerprint density at radius 1 is 1.04 bits per heavy atom. The van der Waals surface area contributed by atoms with Gasteiger partial charge in [-0.25, -0.2) is 0 Å². The van der Waals surface area contributed by atoms with Crippen LogP contribution in [-0.2, 0) is 11.3 Å². The van der Waals surface area contributed by atoms with E-state index in [-0.39, 0.29) is 24.4 Å². The zero-order valence-corrected chi connectivity index (χ0v) is 17.0. The summed E-state index contributed by atoms with van der Waals surface area (Å²) in [4.78, 5) is 0. The van der Waals surface area contributed by atoms with E-state index in [1.807, 2.05) is 44.2 Å². The van der Waals surface area contributed by atoms with E-state index in [1.165, 1.54) is 11.1 Å². The van der Waals surface area contributed by atoms with Crippen LogP contribution in [0, 0.1) is 17.8 Å². The normalized spacial score (nSPS) is 17.7. The van der Waals surface area contributed by atoms with Crippen molar-refractivity contribution in [1.82, 2.24) is 0 Å². The molecule has 0 spiro atoms. The quantitative estimate of drug-likeness (QED) is 0.560. The first kappa shape index (κ1) is 22.6. The van der Waals surface area contributed by atoms with Crippen LogP contribution in [0.25, 0.3) is 0 Å². The van der Waals surface area contributed by atoms with Gasteiger partial charge in [0.15, 0.2) is 0 Å². The molecule has 4 atom stereocenters. The highest BCUT2D eigenvalue weighted by Crippen LogP contribution is 2.20. The van der Waals surface area contributed by atoms with Crippen LogP contribution in [0.15, 0.2) is 53.6 Å². The molecule has 3 heteroatoms. The van der Waals surface area contributed by atoms with E-state index in [1.54, 1.807) is 0 Å². The lowest BCUT2D eigenvalue weighted by Crippen LogP contribution is -2.28. The van der Waals surface area contributed by atoms with E-state index < -0.39 is 6.10 Å². The fourth-order valence-corrected chi connectivity index (χ4v) is 3.20. The summed E-state index contributed by atoms with van der Waals surface area (Å²) < 4.78 is 5.76. The molecule has 3 nitrogen and oxygen atoms in total. The maximum atomic E-state index is 10.6. The average molecular weight is 361 g/mol. The van der Waals surface area contributed by atoms with Gasteiger partial charge in [-0.15, -0.1) is 0 Å². The van der Waals surface area contributed by atoms with E-state index in [2.05, 4.69) is 32.9 Å². The molecule has 0 radical (unpaired) electrons. The predicted molar refractivity (Wildman–Crippen MR) is 109 cm³/mol. The Balaban J connectivity index is 2.46. The molecule has 0 aromatic heterocycles.